The third kappa shape index (κ3) is 2.44. The lowest BCUT2D eigenvalue weighted by atomic mass is 10.1. The highest BCUT2D eigenvalue weighted by Crippen LogP contribution is 2.08. The number of carbonyl (C=O) groups is 2. The fourth-order valence-electron chi connectivity index (χ4n) is 1.28. The molecule has 1 aromatic carbocycles. The van der Waals surface area contributed by atoms with Crippen LogP contribution in [-0.2, 0) is 0 Å². The second-order valence-corrected chi connectivity index (χ2v) is 6.55. The van der Waals surface area contributed by atoms with Crippen LogP contribution in [0.25, 0.3) is 0 Å². The normalized spacial score (nSPS) is 10.3. The molecule has 0 bridgehead atoms. The van der Waals surface area contributed by atoms with E-state index in [0.29, 0.717) is 0 Å². The van der Waals surface area contributed by atoms with Gasteiger partial charge in [-0.3, -0.25) is 0 Å². The van der Waals surface area contributed by atoms with Crippen molar-refractivity contribution < 1.29 is 19.8 Å². The monoisotopic (exact) mass is 224 g/mol. The maximum Gasteiger partial charge on any atom is 0.336 e. The molecule has 0 saturated heterocycles. The first-order chi connectivity index (χ1) is 6.93. The van der Waals surface area contributed by atoms with Crippen molar-refractivity contribution >= 4 is 25.9 Å². The summed E-state index contributed by atoms with van der Waals surface area (Å²) in [5.41, 5.74) is -0.276. The van der Waals surface area contributed by atoms with E-state index in [1.54, 1.807) is 6.07 Å². The molecule has 2 N–H and O–H groups in total. The van der Waals surface area contributed by atoms with Crippen LogP contribution in [-0.4, -0.2) is 30.9 Å². The smallest absolute Gasteiger partial charge is 0.336 e. The van der Waals surface area contributed by atoms with Crippen molar-refractivity contribution in [1.82, 2.24) is 0 Å². The van der Waals surface area contributed by atoms with E-state index < -0.39 is 20.7 Å². The minimum Gasteiger partial charge on any atom is -0.478 e. The lowest BCUT2D eigenvalue weighted by Gasteiger charge is -2.07. The highest BCUT2D eigenvalue weighted by molar-refractivity contribution is 6.70. The lowest BCUT2D eigenvalue weighted by Crippen LogP contribution is -2.25. The number of hydrogen-bond acceptors (Lipinski definition) is 2. The van der Waals surface area contributed by atoms with Gasteiger partial charge >= 0.3 is 11.9 Å². The average molecular weight is 224 g/mol. The molecule has 0 atom stereocenters. The summed E-state index contributed by atoms with van der Waals surface area (Å²) in [6, 6.07) is 4.55. The molecule has 0 unspecified atom stereocenters. The number of benzene rings is 1. The van der Waals surface area contributed by atoms with Crippen molar-refractivity contribution in [3.05, 3.63) is 29.3 Å². The Morgan fingerprint density at radius 2 is 1.60 bits per heavy atom. The number of rotatable bonds is 3. The summed E-state index contributed by atoms with van der Waals surface area (Å²) in [6.45, 7) is 4.11. The van der Waals surface area contributed by atoms with Gasteiger partial charge in [-0.15, -0.1) is 0 Å². The zero-order valence-corrected chi connectivity index (χ0v) is 9.68. The Bertz CT molecular complexity index is 412. The van der Waals surface area contributed by atoms with Crippen LogP contribution >= 0.6 is 0 Å². The summed E-state index contributed by atoms with van der Waals surface area (Å²) in [6.07, 6.45) is 0. The molecule has 0 amide bonds. The van der Waals surface area contributed by atoms with E-state index in [2.05, 4.69) is 13.1 Å². The third-order valence-corrected chi connectivity index (χ3v) is 3.86. The Morgan fingerprint density at radius 1 is 1.07 bits per heavy atom. The first-order valence-electron chi connectivity index (χ1n) is 4.54. The Hall–Kier alpha value is -1.62. The minimum atomic E-state index is -1.20. The van der Waals surface area contributed by atoms with Crippen molar-refractivity contribution in [3.8, 4) is 0 Å². The molecular formula is C10H12O4Si. The molecule has 4 nitrogen and oxygen atoms in total. The van der Waals surface area contributed by atoms with Crippen LogP contribution in [0.3, 0.4) is 0 Å². The van der Waals surface area contributed by atoms with Gasteiger partial charge in [-0.05, 0) is 12.1 Å². The van der Waals surface area contributed by atoms with E-state index in [-0.39, 0.29) is 11.1 Å². The van der Waals surface area contributed by atoms with Crippen LogP contribution in [0.2, 0.25) is 13.1 Å². The van der Waals surface area contributed by atoms with Crippen molar-refractivity contribution in [2.24, 2.45) is 0 Å². The molecule has 0 aromatic heterocycles. The van der Waals surface area contributed by atoms with Gasteiger partial charge < -0.3 is 10.2 Å². The molecule has 0 aliphatic heterocycles. The van der Waals surface area contributed by atoms with Crippen molar-refractivity contribution in [2.75, 3.05) is 0 Å². The van der Waals surface area contributed by atoms with Gasteiger partial charge in [0.25, 0.3) is 0 Å². The van der Waals surface area contributed by atoms with Crippen LogP contribution in [0.15, 0.2) is 18.2 Å². The molecule has 0 fully saturated rings. The van der Waals surface area contributed by atoms with Gasteiger partial charge in [-0.2, -0.15) is 0 Å². The van der Waals surface area contributed by atoms with E-state index >= 15 is 0 Å². The molecule has 0 saturated carbocycles. The molecular weight excluding hydrogens is 212 g/mol. The van der Waals surface area contributed by atoms with E-state index in [1.165, 1.54) is 12.1 Å². The summed E-state index contributed by atoms with van der Waals surface area (Å²) in [7, 11) is -1.11. The average Bonchev–Trinajstić information content (AvgIpc) is 2.16. The van der Waals surface area contributed by atoms with Crippen molar-refractivity contribution in [2.45, 2.75) is 13.1 Å². The number of carboxylic acid groups (broad SMARTS) is 2. The highest BCUT2D eigenvalue weighted by Gasteiger charge is 2.16. The number of hydrogen-bond donors (Lipinski definition) is 2. The predicted molar refractivity (Wildman–Crippen MR) is 58.9 cm³/mol. The molecule has 0 aliphatic carbocycles. The Balaban J connectivity index is 3.33. The van der Waals surface area contributed by atoms with Crippen LogP contribution in [0.5, 0.6) is 0 Å². The first-order valence-corrected chi connectivity index (χ1v) is 7.42. The number of aromatic carboxylic acids is 2. The largest absolute Gasteiger partial charge is 0.478 e. The van der Waals surface area contributed by atoms with Gasteiger partial charge in [0.15, 0.2) is 0 Å². The van der Waals surface area contributed by atoms with Gasteiger partial charge in [-0.25, -0.2) is 9.59 Å². The summed E-state index contributed by atoms with van der Waals surface area (Å²) < 4.78 is 0. The quantitative estimate of drug-likeness (QED) is 0.744. The molecule has 0 radical (unpaired) electrons. The molecule has 0 aliphatic rings. The highest BCUT2D eigenvalue weighted by atomic mass is 28.3. The Labute approximate surface area is 88.8 Å². The van der Waals surface area contributed by atoms with Gasteiger partial charge in [0.1, 0.15) is 0 Å². The minimum absolute atomic E-state index is 0.124. The van der Waals surface area contributed by atoms with Gasteiger partial charge in [0.05, 0.1) is 19.9 Å². The van der Waals surface area contributed by atoms with Gasteiger partial charge in [0, 0.05) is 0 Å². The molecule has 1 rings (SSSR count). The van der Waals surface area contributed by atoms with Crippen LogP contribution < -0.4 is 5.19 Å². The fraction of sp³-hybridized carbons (Fsp3) is 0.200. The van der Waals surface area contributed by atoms with Gasteiger partial charge in [0.2, 0.25) is 0 Å². The van der Waals surface area contributed by atoms with Crippen LogP contribution in [0, 0.1) is 0 Å². The molecule has 0 heterocycles. The van der Waals surface area contributed by atoms with Crippen LogP contribution in [0.4, 0.5) is 0 Å². The fourth-order valence-corrected chi connectivity index (χ4v) is 2.27. The molecule has 80 valence electrons. The third-order valence-electron chi connectivity index (χ3n) is 2.17. The van der Waals surface area contributed by atoms with Crippen LogP contribution in [0.1, 0.15) is 20.7 Å². The first kappa shape index (κ1) is 11.5. The zero-order valence-electron chi connectivity index (χ0n) is 8.52. The second-order valence-electron chi connectivity index (χ2n) is 3.57. The number of carboxylic acids is 2. The molecule has 5 heteroatoms. The van der Waals surface area contributed by atoms with Gasteiger partial charge in [-0.1, -0.05) is 24.3 Å². The predicted octanol–water partition coefficient (Wildman–Crippen LogP) is 0.777. The molecule has 15 heavy (non-hydrogen) atoms. The Kier molecular flexibility index (Phi) is 3.26. The van der Waals surface area contributed by atoms with E-state index in [1.807, 2.05) is 0 Å². The van der Waals surface area contributed by atoms with E-state index in [4.69, 9.17) is 10.2 Å². The maximum atomic E-state index is 10.9. The summed E-state index contributed by atoms with van der Waals surface area (Å²) in [4.78, 5) is 21.6. The second kappa shape index (κ2) is 4.27. The maximum absolute atomic E-state index is 10.9. The summed E-state index contributed by atoms with van der Waals surface area (Å²) in [5, 5.41) is 18.6. The lowest BCUT2D eigenvalue weighted by molar-refractivity contribution is 0.0651. The Morgan fingerprint density at radius 3 is 2.00 bits per heavy atom. The summed E-state index contributed by atoms with van der Waals surface area (Å²) >= 11 is 0. The van der Waals surface area contributed by atoms with Crippen molar-refractivity contribution in [1.29, 1.82) is 0 Å². The van der Waals surface area contributed by atoms with E-state index in [0.717, 1.165) is 5.19 Å². The van der Waals surface area contributed by atoms with E-state index in [9.17, 15) is 9.59 Å². The standard InChI is InChI=1S/C10H12O4Si/c1-15(2)6-3-4-7(9(11)12)8(5-6)10(13)14/h3-5,15H,1-2H3,(H,11,12)(H,13,14). The molecule has 0 spiro atoms. The zero-order chi connectivity index (χ0) is 11.6. The topological polar surface area (TPSA) is 74.6 Å². The summed E-state index contributed by atoms with van der Waals surface area (Å²) in [5.74, 6) is -2.40. The molecule has 1 aromatic rings. The SMILES string of the molecule is C[SiH](C)c1ccc(C(=O)O)c(C(=O)O)c1. The van der Waals surface area contributed by atoms with Crippen molar-refractivity contribution in [3.63, 3.8) is 0 Å².